The van der Waals surface area contributed by atoms with Crippen LogP contribution in [0.1, 0.15) is 60.1 Å². The summed E-state index contributed by atoms with van der Waals surface area (Å²) in [5, 5.41) is 14.2. The van der Waals surface area contributed by atoms with Crippen LogP contribution in [0.5, 0.6) is 0 Å². The number of rotatable bonds is 11. The number of ether oxygens (including phenoxy) is 2. The minimum Gasteiger partial charge on any atom is -0.408 e. The summed E-state index contributed by atoms with van der Waals surface area (Å²) in [6, 6.07) is -0.787. The Balaban J connectivity index is 1.25. The first-order valence-electron chi connectivity index (χ1n) is 18.2. The van der Waals surface area contributed by atoms with Crippen LogP contribution in [0, 0.1) is 19.8 Å². The summed E-state index contributed by atoms with van der Waals surface area (Å²) in [4.78, 5) is 51.4. The topological polar surface area (TPSA) is 240 Å². The average Bonchev–Trinajstić information content (AvgIpc) is 3.85. The number of hydrogen-bond acceptors (Lipinski definition) is 12. The zero-order valence-corrected chi connectivity index (χ0v) is 32.9. The molecule has 2 aliphatic heterocycles. The highest BCUT2D eigenvalue weighted by molar-refractivity contribution is 7.80. The Kier molecular flexibility index (Phi) is 10.4. The van der Waals surface area contributed by atoms with E-state index in [1.54, 1.807) is 29.3 Å². The number of aromatic nitrogens is 8. The van der Waals surface area contributed by atoms with Gasteiger partial charge in [-0.2, -0.15) is 0 Å². The van der Waals surface area contributed by atoms with Crippen LogP contribution in [-0.4, -0.2) is 102 Å². The molecule has 2 saturated heterocycles. The maximum absolute atomic E-state index is 12.8. The first kappa shape index (κ1) is 37.1. The molecule has 0 spiro atoms. The van der Waals surface area contributed by atoms with E-state index >= 15 is 0 Å². The van der Waals surface area contributed by atoms with E-state index in [4.69, 9.17) is 33.0 Å². The Hall–Kier alpha value is -4.24. The van der Waals surface area contributed by atoms with Crippen LogP contribution >= 0.6 is 12.2 Å². The largest absolute Gasteiger partial charge is 0.408 e. The van der Waals surface area contributed by atoms with E-state index in [0.29, 0.717) is 34.6 Å². The quantitative estimate of drug-likeness (QED) is 0.0485. The number of azide groups is 1. The van der Waals surface area contributed by atoms with Crippen molar-refractivity contribution in [1.82, 2.24) is 55.0 Å². The van der Waals surface area contributed by atoms with E-state index < -0.39 is 45.1 Å². The molecular formula is C32H48N14O5SSi. The van der Waals surface area contributed by atoms with Gasteiger partial charge in [-0.1, -0.05) is 39.7 Å². The highest BCUT2D eigenvalue weighted by Gasteiger charge is 2.51. The highest BCUT2D eigenvalue weighted by atomic mass is 32.1. The van der Waals surface area contributed by atoms with Gasteiger partial charge in [-0.3, -0.25) is 18.7 Å². The molecule has 6 rings (SSSR count). The first-order chi connectivity index (χ1) is 25.5. The van der Waals surface area contributed by atoms with Crippen LogP contribution in [-0.2, 0) is 13.9 Å². The van der Waals surface area contributed by atoms with Crippen molar-refractivity contribution in [2.24, 2.45) is 11.0 Å². The van der Waals surface area contributed by atoms with Crippen molar-refractivity contribution in [1.29, 1.82) is 0 Å². The van der Waals surface area contributed by atoms with E-state index in [1.807, 2.05) is 6.92 Å². The summed E-state index contributed by atoms with van der Waals surface area (Å²) in [6.45, 7) is 17.0. The smallest absolute Gasteiger partial charge is 0.279 e. The third kappa shape index (κ3) is 7.46. The second kappa shape index (κ2) is 14.9. The van der Waals surface area contributed by atoms with Gasteiger partial charge in [0.15, 0.2) is 42.0 Å². The SMILES string of the molecule is [3H]CCNC1[C@@H](CNC(=S)N[C@@H]2C(C)[C@H](n3cnc4c(=O)[nH]c(C)nc43)O[C@@H]2CN=[N+]=[N-])O[C@@H](n2cnc3c(=O)[nH]c(C)nc32)[C@H]1O[Si](C)(C)C(C)(C)C. The van der Waals surface area contributed by atoms with Gasteiger partial charge < -0.3 is 39.8 Å². The van der Waals surface area contributed by atoms with Crippen LogP contribution in [0.4, 0.5) is 0 Å². The maximum atomic E-state index is 12.8. The minimum absolute atomic E-state index is 0.0332. The molecule has 286 valence electrons. The number of aryl methyl sites for hydroxylation is 2. The summed E-state index contributed by atoms with van der Waals surface area (Å²) in [5.74, 6) is 0.646. The average molecular weight is 771 g/mol. The van der Waals surface area contributed by atoms with E-state index in [2.05, 4.69) is 89.7 Å². The summed E-state index contributed by atoms with van der Waals surface area (Å²) < 4.78 is 31.7. The van der Waals surface area contributed by atoms with Crippen LogP contribution in [0.15, 0.2) is 27.4 Å². The Morgan fingerprint density at radius 3 is 2.21 bits per heavy atom. The third-order valence-electron chi connectivity index (χ3n) is 10.4. The maximum Gasteiger partial charge on any atom is 0.279 e. The standard InChI is InChI=1S/C32H48N14O5SSi/c1-10-34-21-18(50-30(24(21)51-53(8,9)32(5,6)7)46-14-37-23-26(46)40-17(4)42-28(23)48)11-35-31(52)43-20-15(2)29(49-19(20)12-38-44-33)45-13-36-22-25(45)39-16(3)41-27(22)47/h13-15,18-21,24,29-30,34H,10-12H2,1-9H3,(H2,35,43,52)(H,39,41,47)(H,40,42,48)/t15?,18-,19-,20-,21?,24+,29-,30-/m1/s1/i1T. The fraction of sp³-hybridized carbons (Fsp3) is 0.656. The first-order valence-corrected chi connectivity index (χ1v) is 20.8. The summed E-state index contributed by atoms with van der Waals surface area (Å²) >= 11 is 5.83. The molecule has 2 fully saturated rings. The van der Waals surface area contributed by atoms with Crippen molar-refractivity contribution >= 4 is 48.0 Å². The van der Waals surface area contributed by atoms with Crippen molar-refractivity contribution in [2.75, 3.05) is 19.6 Å². The highest BCUT2D eigenvalue weighted by Crippen LogP contribution is 2.42. The lowest BCUT2D eigenvalue weighted by Crippen LogP contribution is -2.55. The Morgan fingerprint density at radius 2 is 1.64 bits per heavy atom. The van der Waals surface area contributed by atoms with Gasteiger partial charge in [0, 0.05) is 18.7 Å². The van der Waals surface area contributed by atoms with Crippen LogP contribution in [0.3, 0.4) is 0 Å². The van der Waals surface area contributed by atoms with Gasteiger partial charge in [0.05, 0.1) is 43.5 Å². The molecule has 2 aliphatic rings. The Morgan fingerprint density at radius 1 is 1.06 bits per heavy atom. The second-order valence-corrected chi connectivity index (χ2v) is 20.2. The lowest BCUT2D eigenvalue weighted by molar-refractivity contribution is -0.0297. The molecule has 5 N–H and O–H groups in total. The number of nitrogens with one attached hydrogen (secondary N) is 5. The molecule has 0 amide bonds. The lowest BCUT2D eigenvalue weighted by atomic mass is 9.98. The predicted octanol–water partition coefficient (Wildman–Crippen LogP) is 2.81. The van der Waals surface area contributed by atoms with Gasteiger partial charge in [0.1, 0.15) is 24.0 Å². The molecule has 0 saturated carbocycles. The number of nitrogens with zero attached hydrogens (tertiary/aromatic N) is 9. The summed E-state index contributed by atoms with van der Waals surface area (Å²) in [7, 11) is -2.40. The van der Waals surface area contributed by atoms with Gasteiger partial charge in [-0.15, -0.1) is 0 Å². The summed E-state index contributed by atoms with van der Waals surface area (Å²) in [5.41, 5.74) is 9.59. The zero-order chi connectivity index (χ0) is 39.1. The van der Waals surface area contributed by atoms with Gasteiger partial charge in [0.25, 0.3) is 11.1 Å². The molecule has 19 nitrogen and oxygen atoms in total. The van der Waals surface area contributed by atoms with Gasteiger partial charge in [-0.05, 0) is 56.3 Å². The van der Waals surface area contributed by atoms with Crippen LogP contribution < -0.4 is 27.1 Å². The fourth-order valence-electron chi connectivity index (χ4n) is 6.75. The molecule has 8 atom stereocenters. The number of imidazole rings is 2. The van der Waals surface area contributed by atoms with E-state index in [9.17, 15) is 9.59 Å². The fourth-order valence-corrected chi connectivity index (χ4v) is 8.27. The molecule has 4 aromatic rings. The van der Waals surface area contributed by atoms with Crippen molar-refractivity contribution in [3.8, 4) is 0 Å². The summed E-state index contributed by atoms with van der Waals surface area (Å²) in [6.07, 6.45) is 0.163. The number of H-pyrrole nitrogens is 2. The number of thiocarbonyl (C=S) groups is 1. The molecule has 0 aromatic carbocycles. The van der Waals surface area contributed by atoms with Gasteiger partial charge in [-0.25, -0.2) is 19.9 Å². The van der Waals surface area contributed by atoms with Crippen LogP contribution in [0.2, 0.25) is 18.1 Å². The molecule has 53 heavy (non-hydrogen) atoms. The molecule has 6 heterocycles. The van der Waals surface area contributed by atoms with Crippen LogP contribution in [0.25, 0.3) is 32.8 Å². The Labute approximate surface area is 313 Å². The van der Waals surface area contributed by atoms with E-state index in [0.717, 1.165) is 0 Å². The molecular weight excluding hydrogens is 721 g/mol. The molecule has 0 aliphatic carbocycles. The number of aromatic amines is 2. The van der Waals surface area contributed by atoms with Crippen molar-refractivity contribution in [2.45, 2.75) is 109 Å². The zero-order valence-electron chi connectivity index (χ0n) is 32.1. The minimum atomic E-state index is -2.40. The number of hydrogen-bond donors (Lipinski definition) is 5. The van der Waals surface area contributed by atoms with E-state index in [-0.39, 0.29) is 59.1 Å². The predicted molar refractivity (Wildman–Crippen MR) is 204 cm³/mol. The molecule has 0 radical (unpaired) electrons. The normalized spacial score (nSPS) is 26.5. The van der Waals surface area contributed by atoms with E-state index in [1.165, 1.54) is 6.33 Å². The van der Waals surface area contributed by atoms with Gasteiger partial charge in [0.2, 0.25) is 0 Å². The van der Waals surface area contributed by atoms with Crippen molar-refractivity contribution in [3.63, 3.8) is 0 Å². The second-order valence-electron chi connectivity index (χ2n) is 15.1. The van der Waals surface area contributed by atoms with Crippen molar-refractivity contribution in [3.05, 3.63) is 55.5 Å². The number of likely N-dealkylation sites (N-methyl/N-ethyl adjacent to an activating group) is 1. The molecule has 0 bridgehead atoms. The molecule has 4 aromatic heterocycles. The van der Waals surface area contributed by atoms with Crippen molar-refractivity contribution < 1.29 is 15.3 Å². The monoisotopic (exact) mass is 770 g/mol. The lowest BCUT2D eigenvalue weighted by Gasteiger charge is -2.41. The number of fused-ring (bicyclic) bond motifs is 2. The van der Waals surface area contributed by atoms with Gasteiger partial charge >= 0.3 is 0 Å². The molecule has 2 unspecified atom stereocenters. The third-order valence-corrected chi connectivity index (χ3v) is 15.2. The Bertz CT molecular complexity index is 2180. The molecule has 21 heteroatoms.